The second kappa shape index (κ2) is 4.67. The highest BCUT2D eigenvalue weighted by Crippen LogP contribution is 2.29. The minimum atomic E-state index is -2.33. The normalized spacial score (nSPS) is 10.8. The molecule has 1 rings (SSSR count). The highest BCUT2D eigenvalue weighted by molar-refractivity contribution is 7.99. The van der Waals surface area contributed by atoms with Crippen molar-refractivity contribution in [1.29, 1.82) is 0 Å². The van der Waals surface area contributed by atoms with Crippen LogP contribution in [0.25, 0.3) is 0 Å². The predicted octanol–water partition coefficient (Wildman–Crippen LogP) is 3.28. The number of nitrogens with two attached hydrogens (primary N) is 1. The Bertz CT molecular complexity index is 293. The molecule has 1 aromatic rings. The quantitative estimate of drug-likeness (QED) is 0.629. The van der Waals surface area contributed by atoms with Crippen LogP contribution in [-0.2, 0) is 0 Å². The molecule has 0 bridgehead atoms. The number of nitrogen functional groups attached to an aromatic ring is 1. The van der Waals surface area contributed by atoms with E-state index in [1.54, 1.807) is 18.2 Å². The SMILES string of the molecule is Nc1ccc(Cl)c(SCC(F)F)c1. The molecular formula is C8H8ClF2NS. The Balaban J connectivity index is 2.70. The van der Waals surface area contributed by atoms with Gasteiger partial charge < -0.3 is 5.73 Å². The van der Waals surface area contributed by atoms with Crippen LogP contribution in [0, 0.1) is 0 Å². The first-order valence-corrected chi connectivity index (χ1v) is 4.92. The molecule has 0 amide bonds. The predicted molar refractivity (Wildman–Crippen MR) is 52.6 cm³/mol. The lowest BCUT2D eigenvalue weighted by molar-refractivity contribution is 0.177. The molecule has 5 heteroatoms. The third kappa shape index (κ3) is 3.40. The van der Waals surface area contributed by atoms with Crippen LogP contribution in [0.4, 0.5) is 14.5 Å². The molecule has 0 aromatic heterocycles. The van der Waals surface area contributed by atoms with Gasteiger partial charge in [0.15, 0.2) is 0 Å². The van der Waals surface area contributed by atoms with E-state index in [9.17, 15) is 8.78 Å². The zero-order valence-corrected chi connectivity index (χ0v) is 8.21. The summed E-state index contributed by atoms with van der Waals surface area (Å²) in [7, 11) is 0. The van der Waals surface area contributed by atoms with Gasteiger partial charge in [-0.25, -0.2) is 8.78 Å². The van der Waals surface area contributed by atoms with E-state index in [1.165, 1.54) is 0 Å². The third-order valence-corrected chi connectivity index (χ3v) is 2.83. The number of hydrogen-bond donors (Lipinski definition) is 1. The zero-order chi connectivity index (χ0) is 9.84. The average Bonchev–Trinajstić information content (AvgIpc) is 2.06. The zero-order valence-electron chi connectivity index (χ0n) is 6.64. The molecule has 0 unspecified atom stereocenters. The summed E-state index contributed by atoms with van der Waals surface area (Å²) in [4.78, 5) is 0.599. The van der Waals surface area contributed by atoms with Gasteiger partial charge in [0.05, 0.1) is 10.8 Å². The first-order valence-electron chi connectivity index (χ1n) is 3.55. The molecule has 1 aromatic carbocycles. The number of alkyl halides is 2. The summed E-state index contributed by atoms with van der Waals surface area (Å²) in [6, 6.07) is 4.83. The van der Waals surface area contributed by atoms with Crippen molar-refractivity contribution < 1.29 is 8.78 Å². The Hall–Kier alpha value is -0.480. The molecular weight excluding hydrogens is 216 g/mol. The second-order valence-electron chi connectivity index (χ2n) is 2.39. The third-order valence-electron chi connectivity index (χ3n) is 1.32. The van der Waals surface area contributed by atoms with Crippen molar-refractivity contribution in [3.05, 3.63) is 23.2 Å². The van der Waals surface area contributed by atoms with Crippen LogP contribution >= 0.6 is 23.4 Å². The van der Waals surface area contributed by atoms with Crippen LogP contribution in [0.15, 0.2) is 23.1 Å². The number of halogens is 3. The van der Waals surface area contributed by atoms with Crippen LogP contribution in [0.1, 0.15) is 0 Å². The van der Waals surface area contributed by atoms with Gasteiger partial charge in [0.1, 0.15) is 0 Å². The molecule has 0 fully saturated rings. The van der Waals surface area contributed by atoms with E-state index in [-0.39, 0.29) is 5.75 Å². The van der Waals surface area contributed by atoms with Crippen molar-refractivity contribution in [2.45, 2.75) is 11.3 Å². The molecule has 2 N–H and O–H groups in total. The van der Waals surface area contributed by atoms with E-state index in [2.05, 4.69) is 0 Å². The van der Waals surface area contributed by atoms with E-state index in [0.29, 0.717) is 15.6 Å². The number of anilines is 1. The highest BCUT2D eigenvalue weighted by Gasteiger charge is 2.06. The smallest absolute Gasteiger partial charge is 0.247 e. The van der Waals surface area contributed by atoms with Crippen LogP contribution < -0.4 is 5.73 Å². The number of benzene rings is 1. The van der Waals surface area contributed by atoms with Gasteiger partial charge >= 0.3 is 0 Å². The molecule has 1 nitrogen and oxygen atoms in total. The summed E-state index contributed by atoms with van der Waals surface area (Å²) in [5.41, 5.74) is 6.00. The summed E-state index contributed by atoms with van der Waals surface area (Å²) in [6.45, 7) is 0. The van der Waals surface area contributed by atoms with Crippen molar-refractivity contribution in [2.24, 2.45) is 0 Å². The molecule has 0 aliphatic carbocycles. The molecule has 0 heterocycles. The van der Waals surface area contributed by atoms with E-state index in [0.717, 1.165) is 11.8 Å². The first kappa shape index (κ1) is 10.6. The van der Waals surface area contributed by atoms with Crippen LogP contribution in [-0.4, -0.2) is 12.2 Å². The summed E-state index contributed by atoms with van der Waals surface area (Å²) in [5, 5.41) is 0.458. The van der Waals surface area contributed by atoms with Gasteiger partial charge in [-0.1, -0.05) is 11.6 Å². The molecule has 0 spiro atoms. The Morgan fingerprint density at radius 1 is 1.46 bits per heavy atom. The summed E-state index contributed by atoms with van der Waals surface area (Å²) in [5.74, 6) is -0.261. The topological polar surface area (TPSA) is 26.0 Å². The van der Waals surface area contributed by atoms with E-state index >= 15 is 0 Å². The molecule has 0 aliphatic rings. The largest absolute Gasteiger partial charge is 0.399 e. The molecule has 0 atom stereocenters. The Morgan fingerprint density at radius 2 is 2.15 bits per heavy atom. The number of thioether (sulfide) groups is 1. The average molecular weight is 224 g/mol. The molecule has 72 valence electrons. The summed E-state index contributed by atoms with van der Waals surface area (Å²) < 4.78 is 23.7. The number of hydrogen-bond acceptors (Lipinski definition) is 2. The Kier molecular flexibility index (Phi) is 3.81. The van der Waals surface area contributed by atoms with E-state index in [1.807, 2.05) is 0 Å². The van der Waals surface area contributed by atoms with Gasteiger partial charge in [-0.15, -0.1) is 11.8 Å². The lowest BCUT2D eigenvalue weighted by atomic mass is 10.3. The lowest BCUT2D eigenvalue weighted by Crippen LogP contribution is -1.94. The Morgan fingerprint density at radius 3 is 2.77 bits per heavy atom. The minimum Gasteiger partial charge on any atom is -0.399 e. The highest BCUT2D eigenvalue weighted by atomic mass is 35.5. The maximum Gasteiger partial charge on any atom is 0.247 e. The van der Waals surface area contributed by atoms with Gasteiger partial charge in [-0.2, -0.15) is 0 Å². The van der Waals surface area contributed by atoms with Crippen LogP contribution in [0.3, 0.4) is 0 Å². The van der Waals surface area contributed by atoms with Gasteiger partial charge in [0.2, 0.25) is 6.43 Å². The molecule has 0 aliphatic heterocycles. The minimum absolute atomic E-state index is 0.261. The molecule has 0 saturated carbocycles. The van der Waals surface area contributed by atoms with Crippen molar-refractivity contribution in [3.8, 4) is 0 Å². The van der Waals surface area contributed by atoms with Gasteiger partial charge in [0.25, 0.3) is 0 Å². The van der Waals surface area contributed by atoms with Gasteiger partial charge in [-0.3, -0.25) is 0 Å². The molecule has 0 saturated heterocycles. The summed E-state index contributed by atoms with van der Waals surface area (Å²) >= 11 is 6.77. The van der Waals surface area contributed by atoms with E-state index < -0.39 is 6.43 Å². The molecule has 0 radical (unpaired) electrons. The number of rotatable bonds is 3. The van der Waals surface area contributed by atoms with Crippen LogP contribution in [0.5, 0.6) is 0 Å². The van der Waals surface area contributed by atoms with Crippen molar-refractivity contribution >= 4 is 29.1 Å². The van der Waals surface area contributed by atoms with Gasteiger partial charge in [0, 0.05) is 10.6 Å². The fraction of sp³-hybridized carbons (Fsp3) is 0.250. The molecule has 13 heavy (non-hydrogen) atoms. The Labute approximate surface area is 84.3 Å². The lowest BCUT2D eigenvalue weighted by Gasteiger charge is -2.04. The summed E-state index contributed by atoms with van der Waals surface area (Å²) in [6.07, 6.45) is -2.33. The van der Waals surface area contributed by atoms with Crippen molar-refractivity contribution in [1.82, 2.24) is 0 Å². The van der Waals surface area contributed by atoms with Crippen molar-refractivity contribution in [3.63, 3.8) is 0 Å². The first-order chi connectivity index (χ1) is 6.09. The standard InChI is InChI=1S/C8H8ClF2NS/c9-6-2-1-5(12)3-7(6)13-4-8(10)11/h1-3,8H,4,12H2. The fourth-order valence-corrected chi connectivity index (χ4v) is 1.80. The fourth-order valence-electron chi connectivity index (χ4n) is 0.783. The van der Waals surface area contributed by atoms with Gasteiger partial charge in [-0.05, 0) is 18.2 Å². The maximum absolute atomic E-state index is 11.9. The maximum atomic E-state index is 11.9. The van der Waals surface area contributed by atoms with Crippen LogP contribution in [0.2, 0.25) is 5.02 Å². The monoisotopic (exact) mass is 223 g/mol. The van der Waals surface area contributed by atoms with E-state index in [4.69, 9.17) is 17.3 Å². The second-order valence-corrected chi connectivity index (χ2v) is 3.86. The van der Waals surface area contributed by atoms with Crippen molar-refractivity contribution in [2.75, 3.05) is 11.5 Å².